The molecular formula is H47Ag50Br97. The fraction of sp³-hybridized carbons (Fsp3) is 0. The molecule has 0 spiro atoms. The quantitative estimate of drug-likeness (QED) is 0.212. The van der Waals surface area contributed by atoms with Gasteiger partial charge < -0.3 is 849 Å². The number of halogens is 97. The van der Waals surface area contributed by atoms with Crippen LogP contribution in [0.1, 0.15) is 0 Å². The molecule has 0 atom stereocenters. The molecule has 0 aromatic carbocycles. The molecule has 0 aliphatic rings. The topological polar surface area (TPSA) is 0 Å². The first-order chi connectivity index (χ1) is 0. The van der Waals surface area contributed by atoms with Crippen LogP contribution in [0.2, 0.25) is 0 Å². The first kappa shape index (κ1) is 1740. The predicted octanol–water partition coefficient (Wildman–Crippen LogP) is -123. The summed E-state index contributed by atoms with van der Waals surface area (Å²) in [5.41, 5.74) is 0. The van der Waals surface area contributed by atoms with E-state index in [4.69, 9.17) is 0 Å². The standard InChI is InChI=1S/50Ag.97BrH/h;;;;;;;;;;;;;;;;;;;;;;;;;;;;;;;;;;;;;;;;;;;;;;;;;;97*1H/q50*+1;;;;;;;;;;;;;;;;;;;;;;;;;;;;;;;;;;;;;;;;;;;;;;;;;;;;;;;;;;;;;;;;;;;;;;;;;;;;;;;;;;;;;;;;;;;;;;;;;/p-50. The van der Waals surface area contributed by atoms with Crippen LogP contribution in [-0.4, -0.2) is 0 Å². The smallest absolute Gasteiger partial charge is 1.00 e. The summed E-state index contributed by atoms with van der Waals surface area (Å²) in [7, 11) is 0. The van der Waals surface area contributed by atoms with Crippen molar-refractivity contribution >= 4 is 798 Å². The van der Waals surface area contributed by atoms with Crippen molar-refractivity contribution in [3.8, 4) is 0 Å². The van der Waals surface area contributed by atoms with Gasteiger partial charge in [0, 0.05) is 0 Å². The molecule has 0 bridgehead atoms. The van der Waals surface area contributed by atoms with Crippen LogP contribution < -0.4 is 849 Å². The van der Waals surface area contributed by atoms with Crippen molar-refractivity contribution in [1.29, 1.82) is 0 Å². The molecule has 0 aliphatic carbocycles. The summed E-state index contributed by atoms with van der Waals surface area (Å²) in [6, 6.07) is 0. The molecular weight excluding hydrogens is 13100 g/mol. The van der Waals surface area contributed by atoms with Crippen LogP contribution in [0, 0.1) is 0 Å². The Morgan fingerprint density at radius 3 is 0.0204 bits per heavy atom. The molecule has 1276 valence electrons. The maximum absolute atomic E-state index is 0. The molecule has 0 N–H and O–H groups in total. The molecule has 0 heterocycles. The number of hydrogen-bond donors (Lipinski definition) is 0. The molecule has 0 saturated carbocycles. The van der Waals surface area contributed by atoms with E-state index < -0.39 is 0 Å². The summed E-state index contributed by atoms with van der Waals surface area (Å²) in [6.07, 6.45) is 0. The minimum atomic E-state index is 0. The maximum Gasteiger partial charge on any atom is 1.00 e. The van der Waals surface area contributed by atoms with Crippen molar-refractivity contribution in [1.82, 2.24) is 0 Å². The minimum Gasteiger partial charge on any atom is -1.00 e. The van der Waals surface area contributed by atoms with Gasteiger partial charge in [-0.15, -0.1) is 798 Å². The van der Waals surface area contributed by atoms with Gasteiger partial charge in [0.2, 0.25) is 0 Å². The van der Waals surface area contributed by atoms with E-state index in [2.05, 4.69) is 0 Å². The fourth-order valence-electron chi connectivity index (χ4n) is 0. The molecule has 0 fully saturated rings. The van der Waals surface area contributed by atoms with Crippen LogP contribution in [0.4, 0.5) is 0 Å². The second-order valence-electron chi connectivity index (χ2n) is 0. The van der Waals surface area contributed by atoms with Gasteiger partial charge in [-0.3, -0.25) is 0 Å². The van der Waals surface area contributed by atoms with Crippen LogP contribution in [-0.2, 0) is 1120 Å². The van der Waals surface area contributed by atoms with Crippen LogP contribution in [0.5, 0.6) is 0 Å². The van der Waals surface area contributed by atoms with E-state index in [0.717, 1.165) is 0 Å². The third-order valence-electron chi connectivity index (χ3n) is 0. The number of hydrogen-bond acceptors (Lipinski definition) is 0. The predicted molar refractivity (Wildman–Crippen MR) is 485 cm³/mol. The molecule has 0 unspecified atom stereocenters. The van der Waals surface area contributed by atoms with E-state index in [1.54, 1.807) is 0 Å². The Kier molecular flexibility index (Phi) is 20300. The van der Waals surface area contributed by atoms with Gasteiger partial charge in [0.1, 0.15) is 0 Å². The Bertz CT molecular complexity index is 136. The van der Waals surface area contributed by atoms with E-state index >= 15 is 0 Å². The van der Waals surface area contributed by atoms with E-state index in [9.17, 15) is 0 Å². The second kappa shape index (κ2) is 1720. The average Bonchev–Trinajstić information content (AvgIpc) is 0. The monoisotopic (exact) mass is 13000 g/mol. The summed E-state index contributed by atoms with van der Waals surface area (Å²) in [5, 5.41) is 0. The van der Waals surface area contributed by atoms with Gasteiger partial charge in [-0.25, -0.2) is 0 Å². The molecule has 0 saturated heterocycles. The van der Waals surface area contributed by atoms with E-state index in [0.29, 0.717) is 0 Å². The first-order valence-corrected chi connectivity index (χ1v) is 0. The largest absolute Gasteiger partial charge is 1.00 e. The van der Waals surface area contributed by atoms with Gasteiger partial charge in [0.15, 0.2) is 0 Å². The van der Waals surface area contributed by atoms with Crippen molar-refractivity contribution in [3.63, 3.8) is 0 Å². The van der Waals surface area contributed by atoms with E-state index in [1.165, 1.54) is 0 Å². The van der Waals surface area contributed by atoms with Gasteiger partial charge in [0.25, 0.3) is 0 Å². The molecule has 0 aliphatic heterocycles. The Balaban J connectivity index is 0. The molecule has 147 heavy (non-hydrogen) atoms. The van der Waals surface area contributed by atoms with Crippen molar-refractivity contribution < 1.29 is 1970 Å². The van der Waals surface area contributed by atoms with Crippen molar-refractivity contribution in [2.75, 3.05) is 0 Å². The summed E-state index contributed by atoms with van der Waals surface area (Å²) in [4.78, 5) is 0. The van der Waals surface area contributed by atoms with Gasteiger partial charge in [-0.2, -0.15) is 0 Å². The molecule has 0 rings (SSSR count). The van der Waals surface area contributed by atoms with E-state index in [1.807, 2.05) is 0 Å². The number of rotatable bonds is 0. The molecule has 0 amide bonds. The van der Waals surface area contributed by atoms with Crippen LogP contribution >= 0.6 is 798 Å². The van der Waals surface area contributed by atoms with Crippen molar-refractivity contribution in [3.05, 3.63) is 0 Å². The summed E-state index contributed by atoms with van der Waals surface area (Å²) >= 11 is 0. The Labute approximate surface area is 2680 Å². The Morgan fingerprint density at radius 2 is 0.0204 bits per heavy atom. The van der Waals surface area contributed by atoms with Gasteiger partial charge in [-0.05, 0) is 0 Å². The molecule has 0 aromatic heterocycles. The zero-order valence-electron chi connectivity index (χ0n) is 53.2. The zero-order chi connectivity index (χ0) is 0. The third kappa shape index (κ3) is 1700. The summed E-state index contributed by atoms with van der Waals surface area (Å²) < 4.78 is 0. The Hall–Kier alpha value is 83.6. The average molecular weight is 13200 g/mol. The van der Waals surface area contributed by atoms with Crippen molar-refractivity contribution in [2.45, 2.75) is 0 Å². The molecule has 0 nitrogen and oxygen atoms in total. The van der Waals surface area contributed by atoms with Crippen LogP contribution in [0.25, 0.3) is 0 Å². The van der Waals surface area contributed by atoms with Crippen molar-refractivity contribution in [2.24, 2.45) is 0 Å². The molecule has 0 radical (unpaired) electrons. The zero-order valence-corrected chi connectivity index (χ0v) is 287. The molecule has 147 heteroatoms. The Morgan fingerprint density at radius 1 is 0.0204 bits per heavy atom. The van der Waals surface area contributed by atoms with Gasteiger partial charge in [0.05, 0.1) is 0 Å². The summed E-state index contributed by atoms with van der Waals surface area (Å²) in [6.45, 7) is 0. The first-order valence-electron chi connectivity index (χ1n) is 0. The normalized spacial score (nSPS) is 0. The second-order valence-corrected chi connectivity index (χ2v) is 0. The van der Waals surface area contributed by atoms with Gasteiger partial charge in [-0.1, -0.05) is 0 Å². The maximum atomic E-state index is 0. The minimum absolute atomic E-state index is 0. The summed E-state index contributed by atoms with van der Waals surface area (Å²) in [5.74, 6) is 0. The van der Waals surface area contributed by atoms with E-state index in [-0.39, 0.29) is 2770 Å². The van der Waals surface area contributed by atoms with Crippen LogP contribution in [0.3, 0.4) is 0 Å². The third-order valence-corrected chi connectivity index (χ3v) is 0. The van der Waals surface area contributed by atoms with Gasteiger partial charge >= 0.3 is 1120 Å². The molecule has 0 aromatic rings. The SMILES string of the molecule is Br.Br.Br.Br.Br.Br.Br.Br.Br.Br.Br.Br.Br.Br.Br.Br.Br.Br.Br.Br.Br.Br.Br.Br.Br.Br.Br.Br.Br.Br.Br.Br.Br.Br.Br.Br.Br.Br.Br.Br.Br.Br.Br.Br.Br.Br.Br.[Ag+].[Ag+].[Ag+].[Ag+].[Ag+].[Ag+].[Ag+].[Ag+].[Ag+].[Ag+].[Ag+].[Ag+].[Ag+].[Ag+].[Ag+].[Ag+].[Ag+].[Ag+].[Ag+].[Ag+].[Ag+].[Ag+].[Ag+].[Ag+].[Ag+].[Ag+].[Ag+].[Ag+].[Ag+].[Ag+].[Ag+].[Ag+].[Ag+].[Ag+].[Ag+].[Ag+].[Ag+].[Ag+].[Ag+].[Ag+].[Ag+].[Ag+].[Ag+].[Ag+].[Ag+].[Ag+].[Ag+].[Ag+].[Ag+].[Ag+].[Br-].[Br-].[Br-].[Br-].[Br-].[Br-].[Br-].[Br-].[Br-].[Br-].[Br-].[Br-].[Br-].[Br-].[Br-].[Br-].[Br-].[Br-].[Br-].[Br-].[Br-].[Br-].[Br-].[Br-].[Br-].[Br-].[Br-].[Br-].[Br-].[Br-].[Br-].[Br-].[Br-].[Br-].[Br-].[Br-].[Br-].[Br-].[Br-].[Br-].[Br-].[Br-].[Br-].[Br-].[Br-].[Br-].[Br-].[Br-].[Br-].[Br-]. The van der Waals surface area contributed by atoms with Crippen LogP contribution in [0.15, 0.2) is 0 Å². The fourth-order valence-corrected chi connectivity index (χ4v) is 0.